The average molecular weight is 438 g/mol. The fourth-order valence-electron chi connectivity index (χ4n) is 3.79. The number of thioether (sulfide) groups is 1. The van der Waals surface area contributed by atoms with Gasteiger partial charge in [0.1, 0.15) is 18.7 Å². The highest BCUT2D eigenvalue weighted by molar-refractivity contribution is 8.00. The standard InChI is InChI=1S/C24H23NO5S/c1-14(2)17-10-18-16(9-23(27)30-20(18)8-15(17)3)12-29-24(28)11-25-19-6-4-5-7-21(19)31-13-22(25)26/h4-10,14H,11-13H2,1-3H3. The molecule has 1 aliphatic heterocycles. The maximum Gasteiger partial charge on any atom is 0.336 e. The monoisotopic (exact) mass is 437 g/mol. The van der Waals surface area contributed by atoms with Crippen LogP contribution in [0.3, 0.4) is 0 Å². The van der Waals surface area contributed by atoms with E-state index in [2.05, 4.69) is 13.8 Å². The van der Waals surface area contributed by atoms with Crippen molar-refractivity contribution < 1.29 is 18.7 Å². The molecule has 7 heteroatoms. The van der Waals surface area contributed by atoms with Gasteiger partial charge in [0.15, 0.2) is 0 Å². The van der Waals surface area contributed by atoms with Crippen LogP contribution in [0.2, 0.25) is 0 Å². The molecular formula is C24H23NO5S. The third kappa shape index (κ3) is 4.37. The number of aryl methyl sites for hydroxylation is 1. The molecular weight excluding hydrogens is 414 g/mol. The Morgan fingerprint density at radius 3 is 2.74 bits per heavy atom. The summed E-state index contributed by atoms with van der Waals surface area (Å²) in [6, 6.07) is 12.7. The number of para-hydroxylation sites is 1. The van der Waals surface area contributed by atoms with Crippen molar-refractivity contribution >= 4 is 40.3 Å². The number of hydrogen-bond acceptors (Lipinski definition) is 6. The summed E-state index contributed by atoms with van der Waals surface area (Å²) in [5.74, 6) is -0.0858. The van der Waals surface area contributed by atoms with Gasteiger partial charge in [-0.05, 0) is 48.2 Å². The van der Waals surface area contributed by atoms with Gasteiger partial charge in [0.25, 0.3) is 0 Å². The number of esters is 1. The summed E-state index contributed by atoms with van der Waals surface area (Å²) in [4.78, 5) is 39.3. The molecule has 0 saturated heterocycles. The Kier molecular flexibility index (Phi) is 5.87. The van der Waals surface area contributed by atoms with Crippen molar-refractivity contribution in [1.82, 2.24) is 0 Å². The molecule has 0 atom stereocenters. The van der Waals surface area contributed by atoms with E-state index in [4.69, 9.17) is 9.15 Å². The van der Waals surface area contributed by atoms with Crippen molar-refractivity contribution in [1.29, 1.82) is 0 Å². The van der Waals surface area contributed by atoms with Gasteiger partial charge < -0.3 is 9.15 Å². The molecule has 31 heavy (non-hydrogen) atoms. The molecule has 1 aliphatic rings. The Morgan fingerprint density at radius 2 is 1.97 bits per heavy atom. The smallest absolute Gasteiger partial charge is 0.336 e. The third-order valence-electron chi connectivity index (χ3n) is 5.32. The van der Waals surface area contributed by atoms with Crippen LogP contribution in [0.1, 0.15) is 36.5 Å². The van der Waals surface area contributed by atoms with Gasteiger partial charge in [-0.25, -0.2) is 4.79 Å². The van der Waals surface area contributed by atoms with E-state index >= 15 is 0 Å². The van der Waals surface area contributed by atoms with Crippen LogP contribution >= 0.6 is 11.8 Å². The number of anilines is 1. The van der Waals surface area contributed by atoms with Crippen molar-refractivity contribution in [2.75, 3.05) is 17.2 Å². The minimum atomic E-state index is -0.535. The van der Waals surface area contributed by atoms with Crippen LogP contribution in [-0.2, 0) is 20.9 Å². The molecule has 0 fully saturated rings. The molecule has 2 aromatic carbocycles. The first-order valence-corrected chi connectivity index (χ1v) is 11.1. The van der Waals surface area contributed by atoms with Gasteiger partial charge in [-0.2, -0.15) is 0 Å². The number of rotatable bonds is 5. The first kappa shape index (κ1) is 21.2. The normalized spacial score (nSPS) is 13.5. The fraction of sp³-hybridized carbons (Fsp3) is 0.292. The highest BCUT2D eigenvalue weighted by Crippen LogP contribution is 2.34. The second-order valence-electron chi connectivity index (χ2n) is 7.85. The van der Waals surface area contributed by atoms with E-state index in [0.29, 0.717) is 22.8 Å². The van der Waals surface area contributed by atoms with E-state index in [-0.39, 0.29) is 24.8 Å². The summed E-state index contributed by atoms with van der Waals surface area (Å²) in [5.41, 5.74) is 3.46. The molecule has 0 aliphatic carbocycles. The van der Waals surface area contributed by atoms with Crippen molar-refractivity contribution in [2.24, 2.45) is 0 Å². The van der Waals surface area contributed by atoms with Gasteiger partial charge in [0.2, 0.25) is 5.91 Å². The zero-order valence-corrected chi connectivity index (χ0v) is 18.5. The second-order valence-corrected chi connectivity index (χ2v) is 8.86. The number of nitrogens with zero attached hydrogens (tertiary/aromatic N) is 1. The molecule has 3 aromatic rings. The number of hydrogen-bond donors (Lipinski definition) is 0. The fourth-order valence-corrected chi connectivity index (χ4v) is 4.73. The maximum absolute atomic E-state index is 12.6. The third-order valence-corrected chi connectivity index (χ3v) is 6.37. The van der Waals surface area contributed by atoms with Gasteiger partial charge >= 0.3 is 11.6 Å². The quantitative estimate of drug-likeness (QED) is 0.435. The number of benzene rings is 2. The lowest BCUT2D eigenvalue weighted by molar-refractivity contribution is -0.144. The number of fused-ring (bicyclic) bond motifs is 2. The van der Waals surface area contributed by atoms with Crippen LogP contribution in [0.4, 0.5) is 5.69 Å². The lowest BCUT2D eigenvalue weighted by atomic mass is 9.95. The van der Waals surface area contributed by atoms with Gasteiger partial charge in [-0.3, -0.25) is 14.5 Å². The predicted octanol–water partition coefficient (Wildman–Crippen LogP) is 4.41. The number of carbonyl (C=O) groups excluding carboxylic acids is 2. The molecule has 1 amide bonds. The summed E-state index contributed by atoms with van der Waals surface area (Å²) in [6.45, 7) is 5.93. The zero-order chi connectivity index (χ0) is 22.1. The molecule has 1 aromatic heterocycles. The van der Waals surface area contributed by atoms with Gasteiger partial charge in [-0.15, -0.1) is 11.8 Å². The molecule has 160 valence electrons. The summed E-state index contributed by atoms with van der Waals surface area (Å²) in [5, 5.41) is 0.748. The molecule has 0 spiro atoms. The molecule has 4 rings (SSSR count). The predicted molar refractivity (Wildman–Crippen MR) is 121 cm³/mol. The Balaban J connectivity index is 1.55. The zero-order valence-electron chi connectivity index (χ0n) is 17.6. The van der Waals surface area contributed by atoms with E-state index in [9.17, 15) is 14.4 Å². The lowest BCUT2D eigenvalue weighted by Gasteiger charge is -2.27. The highest BCUT2D eigenvalue weighted by atomic mass is 32.2. The van der Waals surface area contributed by atoms with Crippen molar-refractivity contribution in [2.45, 2.75) is 38.2 Å². The van der Waals surface area contributed by atoms with E-state index in [1.807, 2.05) is 43.3 Å². The van der Waals surface area contributed by atoms with Crippen LogP contribution in [0.15, 0.2) is 56.6 Å². The van der Waals surface area contributed by atoms with Crippen LogP contribution in [0, 0.1) is 6.92 Å². The summed E-state index contributed by atoms with van der Waals surface area (Å²) in [6.07, 6.45) is 0. The van der Waals surface area contributed by atoms with Crippen molar-refractivity contribution in [3.05, 3.63) is 69.6 Å². The topological polar surface area (TPSA) is 76.8 Å². The largest absolute Gasteiger partial charge is 0.459 e. The minimum absolute atomic E-state index is 0.0695. The highest BCUT2D eigenvalue weighted by Gasteiger charge is 2.26. The summed E-state index contributed by atoms with van der Waals surface area (Å²) >= 11 is 1.46. The van der Waals surface area contributed by atoms with E-state index in [0.717, 1.165) is 21.4 Å². The molecule has 0 radical (unpaired) electrons. The molecule has 0 saturated carbocycles. The van der Waals surface area contributed by atoms with Gasteiger partial charge in [-0.1, -0.05) is 26.0 Å². The number of ether oxygens (including phenoxy) is 1. The van der Waals surface area contributed by atoms with Crippen LogP contribution in [0.25, 0.3) is 11.0 Å². The van der Waals surface area contributed by atoms with Crippen molar-refractivity contribution in [3.63, 3.8) is 0 Å². The Hall–Kier alpha value is -3.06. The van der Waals surface area contributed by atoms with Crippen LogP contribution < -0.4 is 10.5 Å². The van der Waals surface area contributed by atoms with E-state index in [1.165, 1.54) is 22.7 Å². The number of amides is 1. The Morgan fingerprint density at radius 1 is 1.19 bits per heavy atom. The summed E-state index contributed by atoms with van der Waals surface area (Å²) < 4.78 is 10.8. The van der Waals surface area contributed by atoms with Crippen LogP contribution in [0.5, 0.6) is 0 Å². The first-order valence-electron chi connectivity index (χ1n) is 10.1. The average Bonchev–Trinajstić information content (AvgIpc) is 2.73. The van der Waals surface area contributed by atoms with E-state index < -0.39 is 11.6 Å². The molecule has 0 unspecified atom stereocenters. The Bertz CT molecular complexity index is 1230. The molecule has 0 bridgehead atoms. The summed E-state index contributed by atoms with van der Waals surface area (Å²) in [7, 11) is 0. The second kappa shape index (κ2) is 8.59. The number of carbonyl (C=O) groups is 2. The molecule has 6 nitrogen and oxygen atoms in total. The van der Waals surface area contributed by atoms with Gasteiger partial charge in [0.05, 0.1) is 11.4 Å². The van der Waals surface area contributed by atoms with Gasteiger partial charge in [0, 0.05) is 21.9 Å². The SMILES string of the molecule is Cc1cc2oc(=O)cc(COC(=O)CN3C(=O)CSc4ccccc43)c2cc1C(C)C. The van der Waals surface area contributed by atoms with Crippen molar-refractivity contribution in [3.8, 4) is 0 Å². The minimum Gasteiger partial charge on any atom is -0.459 e. The van der Waals surface area contributed by atoms with E-state index in [1.54, 1.807) is 0 Å². The molecule has 2 heterocycles. The lowest BCUT2D eigenvalue weighted by Crippen LogP contribution is -2.39. The molecule has 0 N–H and O–H groups in total. The first-order chi connectivity index (χ1) is 14.8. The van der Waals surface area contributed by atoms with Crippen LogP contribution in [-0.4, -0.2) is 24.2 Å². The Labute approximate surface area is 184 Å². The maximum atomic E-state index is 12.6.